The van der Waals surface area contributed by atoms with E-state index in [2.05, 4.69) is 0 Å². The number of hydrogen-bond donors (Lipinski definition) is 0. The molecule has 1 amide bonds. The van der Waals surface area contributed by atoms with Crippen molar-refractivity contribution in [2.75, 3.05) is 0 Å². The Balaban J connectivity index is 0.00000128. The Morgan fingerprint density at radius 3 is 2.44 bits per heavy atom. The first-order valence-corrected chi connectivity index (χ1v) is 4.72. The average Bonchev–Trinajstić information content (AvgIpc) is 2.36. The monoisotopic (exact) mass is 261 g/mol. The Hall–Kier alpha value is -0.180. The molecule has 0 unspecified atom stereocenters. The van der Waals surface area contributed by atoms with Gasteiger partial charge in [-0.25, -0.2) is 0 Å². The number of fused-ring (bicyclic) bond motifs is 1. The van der Waals surface area contributed by atoms with Crippen molar-refractivity contribution in [3.63, 3.8) is 0 Å². The zero-order chi connectivity index (χ0) is 11.4. The van der Waals surface area contributed by atoms with E-state index in [4.69, 9.17) is 0 Å². The van der Waals surface area contributed by atoms with Gasteiger partial charge in [0.15, 0.2) is 0 Å². The van der Waals surface area contributed by atoms with Gasteiger partial charge < -0.3 is 9.90 Å². The predicted molar refractivity (Wildman–Crippen MR) is 40.9 cm³/mol. The number of amides is 1. The summed E-state index contributed by atoms with van der Waals surface area (Å²) in [5.74, 6) is -2.59. The van der Waals surface area contributed by atoms with Crippen LogP contribution < -0.4 is 34.7 Å². The first-order chi connectivity index (χ1) is 6.82. The van der Waals surface area contributed by atoms with Crippen molar-refractivity contribution in [2.24, 2.45) is 0 Å². The van der Waals surface area contributed by atoms with Gasteiger partial charge in [0.05, 0.1) is 23.5 Å². The molecule has 0 aromatic heterocycles. The average molecular weight is 261 g/mol. The number of carbonyl (C=O) groups excluding carboxylic acids is 2. The quantitative estimate of drug-likeness (QED) is 0.369. The van der Waals surface area contributed by atoms with Crippen molar-refractivity contribution >= 4 is 23.6 Å². The van der Waals surface area contributed by atoms with E-state index in [1.54, 1.807) is 0 Å². The van der Waals surface area contributed by atoms with E-state index in [-0.39, 0.29) is 36.0 Å². The van der Waals surface area contributed by atoms with E-state index in [1.807, 2.05) is 0 Å². The number of alkyl halides is 3. The number of carboxylic acids is 1. The van der Waals surface area contributed by atoms with E-state index in [9.17, 15) is 27.9 Å². The minimum Gasteiger partial charge on any atom is -0.543 e. The third kappa shape index (κ3) is 1.99. The molecule has 2 aliphatic heterocycles. The fourth-order valence-corrected chi connectivity index (χ4v) is 2.70. The van der Waals surface area contributed by atoms with Crippen LogP contribution in [-0.4, -0.2) is 28.3 Å². The Bertz CT molecular complexity index is 395. The largest absolute Gasteiger partial charge is 1.00 e. The molecule has 0 saturated carbocycles. The van der Waals surface area contributed by atoms with E-state index < -0.39 is 34.0 Å². The van der Waals surface area contributed by atoms with Gasteiger partial charge >= 0.3 is 35.7 Å². The summed E-state index contributed by atoms with van der Waals surface area (Å²) < 4.78 is 37.1. The van der Waals surface area contributed by atoms with Crippen molar-refractivity contribution in [3.8, 4) is 0 Å². The molecule has 16 heavy (non-hydrogen) atoms. The van der Waals surface area contributed by atoms with Gasteiger partial charge in [0.25, 0.3) is 0 Å². The number of aliphatic carboxylic acids is 1. The minimum atomic E-state index is -4.75. The molecule has 1 atom stereocenters. The summed E-state index contributed by atoms with van der Waals surface area (Å²) in [6.45, 7) is 0. The van der Waals surface area contributed by atoms with Crippen molar-refractivity contribution in [2.45, 2.75) is 18.0 Å². The Morgan fingerprint density at radius 2 is 2.06 bits per heavy atom. The molecule has 0 aliphatic carbocycles. The van der Waals surface area contributed by atoms with Crippen LogP contribution in [0.25, 0.3) is 0 Å². The van der Waals surface area contributed by atoms with Crippen LogP contribution in [0.2, 0.25) is 0 Å². The van der Waals surface area contributed by atoms with E-state index in [0.29, 0.717) is 16.7 Å². The molecular weight excluding hydrogens is 258 g/mol. The van der Waals surface area contributed by atoms with Gasteiger partial charge in [-0.05, 0) is 0 Å². The maximum absolute atomic E-state index is 12.4. The molecule has 0 bridgehead atoms. The molecule has 82 valence electrons. The normalized spacial score (nSPS) is 23.8. The van der Waals surface area contributed by atoms with E-state index in [0.717, 1.165) is 0 Å². The maximum atomic E-state index is 12.4. The van der Waals surface area contributed by atoms with Crippen LogP contribution in [0.15, 0.2) is 10.6 Å². The van der Waals surface area contributed by atoms with Crippen molar-refractivity contribution in [3.05, 3.63) is 10.6 Å². The molecule has 2 rings (SSSR count). The first kappa shape index (κ1) is 13.9. The van der Waals surface area contributed by atoms with Crippen LogP contribution >= 0.6 is 11.8 Å². The number of halogens is 3. The molecule has 2 heterocycles. The van der Waals surface area contributed by atoms with Crippen molar-refractivity contribution in [1.29, 1.82) is 0 Å². The van der Waals surface area contributed by atoms with Gasteiger partial charge in [-0.1, -0.05) is 11.8 Å². The van der Waals surface area contributed by atoms with E-state index in [1.165, 1.54) is 0 Å². The number of allylic oxidation sites excluding steroid dienone is 1. The number of thioether (sulfide) groups is 1. The molecule has 2 aliphatic rings. The summed E-state index contributed by atoms with van der Waals surface area (Å²) in [5.41, 5.74) is -1.05. The Morgan fingerprint density at radius 1 is 1.50 bits per heavy atom. The molecule has 1 fully saturated rings. The fraction of sp³-hybridized carbons (Fsp3) is 0.429. The Labute approximate surface area is 114 Å². The van der Waals surface area contributed by atoms with Crippen LogP contribution in [0.4, 0.5) is 13.2 Å². The first-order valence-electron chi connectivity index (χ1n) is 3.84. The summed E-state index contributed by atoms with van der Waals surface area (Å²) in [6.07, 6.45) is -4.82. The zero-order valence-electron chi connectivity index (χ0n) is 8.00. The van der Waals surface area contributed by atoms with Gasteiger partial charge in [-0.3, -0.25) is 9.69 Å². The second-order valence-electron chi connectivity index (χ2n) is 3.00. The number of rotatable bonds is 1. The fourth-order valence-electron chi connectivity index (χ4n) is 1.44. The molecule has 0 aromatic rings. The third-order valence-corrected chi connectivity index (χ3v) is 3.38. The van der Waals surface area contributed by atoms with Crippen LogP contribution in [0.1, 0.15) is 6.42 Å². The van der Waals surface area contributed by atoms with Crippen LogP contribution in [0, 0.1) is 0 Å². The van der Waals surface area contributed by atoms with Gasteiger partial charge in [0.2, 0.25) is 5.91 Å². The molecule has 0 N–H and O–H groups in total. The smallest absolute Gasteiger partial charge is 0.543 e. The minimum absolute atomic E-state index is 0. The summed E-state index contributed by atoms with van der Waals surface area (Å²) in [5, 5.41) is 9.78. The summed E-state index contributed by atoms with van der Waals surface area (Å²) >= 11 is 0.346. The second kappa shape index (κ2) is 4.25. The standard InChI is InChI=1S/C7H4F3NO3S.Na/c8-7(9,10)5-4(6(13)14)11-2(12)1-3(11)15-5;/h3H,1H2,(H,13,14);/q;+1/p-1/t3-;/m1./s1. The molecule has 4 nitrogen and oxygen atoms in total. The SMILES string of the molecule is O=C([O-])C1=C(C(F)(F)F)S[C@@H]2CC(=O)N12.[Na+]. The van der Waals surface area contributed by atoms with Crippen LogP contribution in [0.3, 0.4) is 0 Å². The number of carboxylic acid groups (broad SMARTS) is 1. The topological polar surface area (TPSA) is 60.4 Å². The summed E-state index contributed by atoms with van der Waals surface area (Å²) in [4.78, 5) is 20.8. The predicted octanol–water partition coefficient (Wildman–Crippen LogP) is -3.18. The summed E-state index contributed by atoms with van der Waals surface area (Å²) in [6, 6.07) is 0. The Kier molecular flexibility index (Phi) is 3.68. The van der Waals surface area contributed by atoms with E-state index >= 15 is 0 Å². The number of nitrogens with zero attached hydrogens (tertiary/aromatic N) is 1. The van der Waals surface area contributed by atoms with Gasteiger partial charge in [-0.15, -0.1) is 0 Å². The number of hydrogen-bond acceptors (Lipinski definition) is 4. The maximum Gasteiger partial charge on any atom is 1.00 e. The summed E-state index contributed by atoms with van der Waals surface area (Å²) in [7, 11) is 0. The van der Waals surface area contributed by atoms with Crippen molar-refractivity contribution in [1.82, 2.24) is 4.90 Å². The van der Waals surface area contributed by atoms with Crippen LogP contribution in [0.5, 0.6) is 0 Å². The molecule has 9 heteroatoms. The van der Waals surface area contributed by atoms with Crippen molar-refractivity contribution < 1.29 is 57.4 Å². The van der Waals surface area contributed by atoms with Gasteiger partial charge in [0.1, 0.15) is 4.91 Å². The third-order valence-electron chi connectivity index (χ3n) is 2.07. The number of carbonyl (C=O) groups is 2. The molecule has 0 radical (unpaired) electrons. The van der Waals surface area contributed by atoms with Gasteiger partial charge in [-0.2, -0.15) is 13.2 Å². The molecular formula is C7H3F3NNaO3S. The zero-order valence-corrected chi connectivity index (χ0v) is 10.8. The molecule has 1 saturated heterocycles. The second-order valence-corrected chi connectivity index (χ2v) is 4.19. The van der Waals surface area contributed by atoms with Crippen LogP contribution in [-0.2, 0) is 9.59 Å². The van der Waals surface area contributed by atoms with Gasteiger partial charge in [0, 0.05) is 0 Å². The molecule has 0 aromatic carbocycles. The molecule has 0 spiro atoms. The number of β-lactam (4-membered cyclic amide) rings is 1.